The van der Waals surface area contributed by atoms with Crippen molar-refractivity contribution in [2.45, 2.75) is 19.3 Å². The van der Waals surface area contributed by atoms with Crippen LogP contribution in [0.1, 0.15) is 26.1 Å². The Morgan fingerprint density at radius 1 is 1.16 bits per heavy atom. The molecule has 1 N–H and O–H groups in total. The Labute approximate surface area is 119 Å². The van der Waals surface area contributed by atoms with Gasteiger partial charge in [0.15, 0.2) is 0 Å². The maximum absolute atomic E-state index is 12.1. The molecule has 4 heteroatoms. The number of H-pyrrole nitrogens is 1. The van der Waals surface area contributed by atoms with Crippen LogP contribution in [-0.4, -0.2) is 23.3 Å². The van der Waals surface area contributed by atoms with Crippen LogP contribution in [0.4, 0.5) is 5.69 Å². The van der Waals surface area contributed by atoms with Crippen LogP contribution < -0.4 is 10.5 Å². The van der Waals surface area contributed by atoms with Crippen LogP contribution >= 0.6 is 0 Å². The highest BCUT2D eigenvalue weighted by atomic mass is 16.1. The molecule has 0 amide bonds. The molecule has 19 heavy (non-hydrogen) atoms. The lowest BCUT2D eigenvalue weighted by Crippen LogP contribution is -2.34. The SMILES string of the molecule is [3H]c1c([3H])c([3H])c(-c2cc(N3CCCCC3)c(=O)[nH]n2)c([3H])c1[3H]. The number of aromatic amines is 1. The smallest absolute Gasteiger partial charge is 0.287 e. The van der Waals surface area contributed by atoms with Gasteiger partial charge in [-0.05, 0) is 25.3 Å². The normalized spacial score (nSPS) is 19.2. The van der Waals surface area contributed by atoms with Gasteiger partial charge in [-0.2, -0.15) is 5.10 Å². The molecule has 2 aromatic rings. The molecular formula is C15H17N3O. The Morgan fingerprint density at radius 3 is 2.63 bits per heavy atom. The average molecular weight is 265 g/mol. The molecular weight excluding hydrogens is 238 g/mol. The van der Waals surface area contributed by atoms with Gasteiger partial charge in [0.2, 0.25) is 0 Å². The fraction of sp³-hybridized carbons (Fsp3) is 0.333. The van der Waals surface area contributed by atoms with Crippen molar-refractivity contribution in [1.82, 2.24) is 10.2 Å². The molecule has 4 nitrogen and oxygen atoms in total. The number of benzene rings is 1. The molecule has 0 bridgehead atoms. The summed E-state index contributed by atoms with van der Waals surface area (Å²) in [6.07, 6.45) is 3.10. The molecule has 0 atom stereocenters. The lowest BCUT2D eigenvalue weighted by molar-refractivity contribution is 0.575. The monoisotopic (exact) mass is 265 g/mol. The number of piperidine rings is 1. The minimum absolute atomic E-state index is 0.00416. The van der Waals surface area contributed by atoms with Crippen molar-refractivity contribution in [3.63, 3.8) is 0 Å². The Hall–Kier alpha value is -2.10. The predicted octanol–water partition coefficient (Wildman–Crippen LogP) is 2.43. The lowest BCUT2D eigenvalue weighted by Gasteiger charge is -2.27. The van der Waals surface area contributed by atoms with E-state index >= 15 is 0 Å². The van der Waals surface area contributed by atoms with Crippen LogP contribution in [0, 0.1) is 0 Å². The van der Waals surface area contributed by atoms with Crippen LogP contribution in [0.25, 0.3) is 11.3 Å². The lowest BCUT2D eigenvalue weighted by atomic mass is 10.1. The number of anilines is 1. The van der Waals surface area contributed by atoms with Gasteiger partial charge >= 0.3 is 0 Å². The van der Waals surface area contributed by atoms with E-state index in [0.29, 0.717) is 5.69 Å². The Balaban J connectivity index is 2.16. The van der Waals surface area contributed by atoms with E-state index in [4.69, 9.17) is 6.85 Å². The van der Waals surface area contributed by atoms with Crippen LogP contribution in [0.15, 0.2) is 41.1 Å². The molecule has 2 heterocycles. The van der Waals surface area contributed by atoms with Gasteiger partial charge in [0.05, 0.1) is 12.5 Å². The Kier molecular flexibility index (Phi) is 2.07. The fourth-order valence-corrected chi connectivity index (χ4v) is 2.27. The molecule has 0 radical (unpaired) electrons. The van der Waals surface area contributed by atoms with Crippen LogP contribution in [0.2, 0.25) is 0 Å². The molecule has 1 aliphatic heterocycles. The van der Waals surface area contributed by atoms with E-state index < -0.39 is 18.1 Å². The number of hydrogen-bond acceptors (Lipinski definition) is 3. The fourth-order valence-electron chi connectivity index (χ4n) is 2.27. The second kappa shape index (κ2) is 5.26. The van der Waals surface area contributed by atoms with E-state index in [2.05, 4.69) is 10.2 Å². The van der Waals surface area contributed by atoms with Crippen LogP contribution in [0.5, 0.6) is 0 Å². The van der Waals surface area contributed by atoms with Gasteiger partial charge in [-0.3, -0.25) is 4.79 Å². The summed E-state index contributed by atoms with van der Waals surface area (Å²) < 4.78 is 39.2. The van der Waals surface area contributed by atoms with E-state index in [1.165, 1.54) is 6.07 Å². The largest absolute Gasteiger partial charge is 0.367 e. The van der Waals surface area contributed by atoms with Crippen LogP contribution in [0.3, 0.4) is 0 Å². The molecule has 0 aliphatic carbocycles. The number of hydrogen-bond donors (Lipinski definition) is 1. The Bertz CT molecular complexity index is 817. The summed E-state index contributed by atoms with van der Waals surface area (Å²) in [7, 11) is 0. The molecule has 1 aromatic heterocycles. The van der Waals surface area contributed by atoms with Gasteiger partial charge in [-0.1, -0.05) is 30.2 Å². The van der Waals surface area contributed by atoms with E-state index in [1.807, 2.05) is 4.90 Å². The molecule has 0 unspecified atom stereocenters. The summed E-state index contributed by atoms with van der Waals surface area (Å²) >= 11 is 0. The summed E-state index contributed by atoms with van der Waals surface area (Å²) in [6, 6.07) is -0.431. The highest BCUT2D eigenvalue weighted by Gasteiger charge is 2.15. The zero-order valence-electron chi connectivity index (χ0n) is 15.4. The minimum Gasteiger partial charge on any atom is -0.367 e. The zero-order chi connectivity index (χ0) is 17.4. The molecule has 0 spiro atoms. The molecule has 98 valence electrons. The third kappa shape index (κ3) is 2.52. The summed E-state index contributed by atoms with van der Waals surface area (Å²) in [5.41, 5.74) is 0.252. The summed E-state index contributed by atoms with van der Waals surface area (Å²) in [5, 5.41) is 6.29. The summed E-state index contributed by atoms with van der Waals surface area (Å²) in [4.78, 5) is 14.0. The van der Waals surface area contributed by atoms with E-state index in [9.17, 15) is 4.79 Å². The second-order valence-electron chi connectivity index (χ2n) is 4.52. The first-order valence-corrected chi connectivity index (χ1v) is 6.33. The van der Waals surface area contributed by atoms with Crippen molar-refractivity contribution >= 4 is 5.69 Å². The molecule has 1 aromatic carbocycles. The quantitative estimate of drug-likeness (QED) is 0.907. The molecule has 0 saturated carbocycles. The van der Waals surface area contributed by atoms with E-state index in [0.717, 1.165) is 32.4 Å². The summed E-state index contributed by atoms with van der Waals surface area (Å²) in [6.45, 7) is 1.51. The van der Waals surface area contributed by atoms with Gasteiger partial charge < -0.3 is 4.90 Å². The van der Waals surface area contributed by atoms with Gasteiger partial charge in [0.1, 0.15) is 5.69 Å². The first-order chi connectivity index (χ1) is 11.4. The molecule has 1 saturated heterocycles. The second-order valence-corrected chi connectivity index (χ2v) is 4.52. The predicted molar refractivity (Wildman–Crippen MR) is 76.4 cm³/mol. The van der Waals surface area contributed by atoms with Crippen molar-refractivity contribution in [3.05, 3.63) is 46.6 Å². The molecule has 1 fully saturated rings. The third-order valence-electron chi connectivity index (χ3n) is 3.24. The third-order valence-corrected chi connectivity index (χ3v) is 3.24. The van der Waals surface area contributed by atoms with Gasteiger partial charge in [-0.25, -0.2) is 5.10 Å². The zero-order valence-corrected chi connectivity index (χ0v) is 10.4. The maximum atomic E-state index is 12.1. The van der Waals surface area contributed by atoms with Gasteiger partial charge in [-0.15, -0.1) is 0 Å². The average Bonchev–Trinajstić information content (AvgIpc) is 2.60. The number of nitrogens with one attached hydrogen (secondary N) is 1. The molecule has 1 aliphatic rings. The number of aromatic nitrogens is 2. The van der Waals surface area contributed by atoms with Gasteiger partial charge in [0, 0.05) is 18.7 Å². The highest BCUT2D eigenvalue weighted by Crippen LogP contribution is 2.21. The van der Waals surface area contributed by atoms with E-state index in [1.54, 1.807) is 0 Å². The van der Waals surface area contributed by atoms with Crippen molar-refractivity contribution in [1.29, 1.82) is 0 Å². The highest BCUT2D eigenvalue weighted by molar-refractivity contribution is 5.63. The van der Waals surface area contributed by atoms with Crippen molar-refractivity contribution < 1.29 is 6.85 Å². The van der Waals surface area contributed by atoms with Crippen molar-refractivity contribution in [2.75, 3.05) is 18.0 Å². The van der Waals surface area contributed by atoms with Gasteiger partial charge in [0.25, 0.3) is 5.56 Å². The van der Waals surface area contributed by atoms with Crippen molar-refractivity contribution in [2.24, 2.45) is 0 Å². The first-order valence-electron chi connectivity index (χ1n) is 8.83. The Morgan fingerprint density at radius 2 is 1.89 bits per heavy atom. The standard InChI is InChI=1S/C15H17N3O/c19-15-14(18-9-5-2-6-10-18)11-13(16-17-15)12-7-3-1-4-8-12/h1,3-4,7-8,11H,2,5-6,9-10H2,(H,17,19)/i1T,3T,4T,7T,8T. The maximum Gasteiger partial charge on any atom is 0.287 e. The van der Waals surface area contributed by atoms with Crippen LogP contribution in [-0.2, 0) is 0 Å². The number of nitrogens with zero attached hydrogens (tertiary/aromatic N) is 2. The first kappa shape index (κ1) is 7.48. The number of rotatable bonds is 2. The molecule has 3 rings (SSSR count). The van der Waals surface area contributed by atoms with E-state index in [-0.39, 0.29) is 28.9 Å². The van der Waals surface area contributed by atoms with Crippen molar-refractivity contribution in [3.8, 4) is 11.3 Å². The topological polar surface area (TPSA) is 49.0 Å². The minimum atomic E-state index is -0.450. The summed E-state index contributed by atoms with van der Waals surface area (Å²) in [5.74, 6) is 0.